The molecule has 1 unspecified atom stereocenters. The number of benzene rings is 1. The van der Waals surface area contributed by atoms with Crippen molar-refractivity contribution >= 4 is 15.7 Å². The first kappa shape index (κ1) is 14.3. The van der Waals surface area contributed by atoms with Gasteiger partial charge in [-0.3, -0.25) is 0 Å². The molecule has 1 aliphatic heterocycles. The van der Waals surface area contributed by atoms with Crippen LogP contribution in [0.1, 0.15) is 12.8 Å². The molecular weight excluding hydrogens is 262 g/mol. The van der Waals surface area contributed by atoms with Crippen molar-refractivity contribution in [3.8, 4) is 0 Å². The fourth-order valence-electron chi connectivity index (χ4n) is 2.23. The average molecular weight is 283 g/mol. The van der Waals surface area contributed by atoms with E-state index in [9.17, 15) is 8.42 Å². The molecule has 3 N–H and O–H groups in total. The SMILES string of the molecule is CNS(=O)(=O)c1ccc(NCC2CCCNC2)cc1. The van der Waals surface area contributed by atoms with E-state index < -0.39 is 10.0 Å². The normalized spacial score (nSPS) is 20.2. The molecule has 1 fully saturated rings. The zero-order chi connectivity index (χ0) is 13.7. The average Bonchev–Trinajstić information content (AvgIpc) is 2.47. The lowest BCUT2D eigenvalue weighted by Gasteiger charge is -2.23. The standard InChI is InChI=1S/C13H21N3O2S/c1-14-19(17,18)13-6-4-12(5-7-13)16-10-11-3-2-8-15-9-11/h4-7,11,14-16H,2-3,8-10H2,1H3. The van der Waals surface area contributed by atoms with E-state index in [1.165, 1.54) is 19.9 Å². The molecule has 6 heteroatoms. The van der Waals surface area contributed by atoms with Crippen molar-refractivity contribution in [3.63, 3.8) is 0 Å². The molecule has 1 atom stereocenters. The number of hydrogen-bond acceptors (Lipinski definition) is 4. The molecule has 0 aromatic heterocycles. The van der Waals surface area contributed by atoms with Crippen LogP contribution in [0.25, 0.3) is 0 Å². The lowest BCUT2D eigenvalue weighted by atomic mass is 10.00. The first-order valence-corrected chi connectivity index (χ1v) is 8.08. The Bertz CT molecular complexity index is 493. The summed E-state index contributed by atoms with van der Waals surface area (Å²) in [6, 6.07) is 6.85. The fraction of sp³-hybridized carbons (Fsp3) is 0.538. The molecule has 0 spiro atoms. The Morgan fingerprint density at radius 2 is 2.05 bits per heavy atom. The summed E-state index contributed by atoms with van der Waals surface area (Å²) in [4.78, 5) is 0.292. The van der Waals surface area contributed by atoms with Crippen molar-refractivity contribution in [2.75, 3.05) is 32.0 Å². The molecule has 0 saturated carbocycles. The highest BCUT2D eigenvalue weighted by Gasteiger charge is 2.13. The van der Waals surface area contributed by atoms with Crippen LogP contribution in [0.4, 0.5) is 5.69 Å². The topological polar surface area (TPSA) is 70.2 Å². The Morgan fingerprint density at radius 3 is 2.63 bits per heavy atom. The smallest absolute Gasteiger partial charge is 0.240 e. The van der Waals surface area contributed by atoms with Crippen molar-refractivity contribution in [3.05, 3.63) is 24.3 Å². The van der Waals surface area contributed by atoms with Gasteiger partial charge in [-0.15, -0.1) is 0 Å². The lowest BCUT2D eigenvalue weighted by molar-refractivity contribution is 0.393. The molecule has 1 aromatic carbocycles. The van der Waals surface area contributed by atoms with Gasteiger partial charge in [0.05, 0.1) is 4.90 Å². The zero-order valence-corrected chi connectivity index (χ0v) is 12.0. The predicted molar refractivity (Wildman–Crippen MR) is 76.8 cm³/mol. The highest BCUT2D eigenvalue weighted by atomic mass is 32.2. The summed E-state index contributed by atoms with van der Waals surface area (Å²) in [5, 5.41) is 6.74. The fourth-order valence-corrected chi connectivity index (χ4v) is 2.96. The van der Waals surface area contributed by atoms with Crippen LogP contribution in [0.5, 0.6) is 0 Å². The van der Waals surface area contributed by atoms with Crippen molar-refractivity contribution in [1.82, 2.24) is 10.0 Å². The molecule has 106 valence electrons. The highest BCUT2D eigenvalue weighted by molar-refractivity contribution is 7.89. The third kappa shape index (κ3) is 3.92. The van der Waals surface area contributed by atoms with Crippen LogP contribution in [-0.4, -0.2) is 35.1 Å². The molecule has 0 amide bonds. The summed E-state index contributed by atoms with van der Waals surface area (Å²) in [7, 11) is -1.92. The molecule has 0 radical (unpaired) electrons. The maximum Gasteiger partial charge on any atom is 0.240 e. The van der Waals surface area contributed by atoms with Crippen molar-refractivity contribution in [1.29, 1.82) is 0 Å². The largest absolute Gasteiger partial charge is 0.385 e. The van der Waals surface area contributed by atoms with Gasteiger partial charge in [0.2, 0.25) is 10.0 Å². The van der Waals surface area contributed by atoms with Gasteiger partial charge in [-0.05, 0) is 63.2 Å². The van der Waals surface area contributed by atoms with E-state index in [-0.39, 0.29) is 0 Å². The minimum Gasteiger partial charge on any atom is -0.385 e. The predicted octanol–water partition coefficient (Wildman–Crippen LogP) is 1.01. The van der Waals surface area contributed by atoms with E-state index in [1.807, 2.05) is 0 Å². The summed E-state index contributed by atoms with van der Waals surface area (Å²) in [6.07, 6.45) is 2.47. The third-order valence-corrected chi connectivity index (χ3v) is 4.86. The van der Waals surface area contributed by atoms with Crippen molar-refractivity contribution in [2.45, 2.75) is 17.7 Å². The molecule has 1 aliphatic rings. The quantitative estimate of drug-likeness (QED) is 0.754. The third-order valence-electron chi connectivity index (χ3n) is 3.43. The minimum atomic E-state index is -3.34. The van der Waals surface area contributed by atoms with Gasteiger partial charge in [0.15, 0.2) is 0 Å². The first-order chi connectivity index (χ1) is 9.12. The van der Waals surface area contributed by atoms with Crippen LogP contribution in [0.15, 0.2) is 29.2 Å². The Morgan fingerprint density at radius 1 is 1.32 bits per heavy atom. The number of hydrogen-bond donors (Lipinski definition) is 3. The number of piperidine rings is 1. The van der Waals surface area contributed by atoms with Gasteiger partial charge in [-0.25, -0.2) is 13.1 Å². The van der Waals surface area contributed by atoms with E-state index >= 15 is 0 Å². The van der Waals surface area contributed by atoms with Gasteiger partial charge in [0.1, 0.15) is 0 Å². The van der Waals surface area contributed by atoms with E-state index in [1.54, 1.807) is 24.3 Å². The van der Waals surface area contributed by atoms with E-state index in [4.69, 9.17) is 0 Å². The Kier molecular flexibility index (Phi) is 4.79. The Hall–Kier alpha value is -1.11. The van der Waals surface area contributed by atoms with Crippen LogP contribution in [-0.2, 0) is 10.0 Å². The second-order valence-corrected chi connectivity index (χ2v) is 6.71. The molecule has 2 rings (SSSR count). The first-order valence-electron chi connectivity index (χ1n) is 6.60. The number of nitrogens with one attached hydrogen (secondary N) is 3. The van der Waals surface area contributed by atoms with Crippen LogP contribution in [0, 0.1) is 5.92 Å². The monoisotopic (exact) mass is 283 g/mol. The van der Waals surface area contributed by atoms with Gasteiger partial charge < -0.3 is 10.6 Å². The zero-order valence-electron chi connectivity index (χ0n) is 11.1. The van der Waals surface area contributed by atoms with Crippen molar-refractivity contribution in [2.24, 2.45) is 5.92 Å². The molecule has 1 saturated heterocycles. The van der Waals surface area contributed by atoms with Crippen LogP contribution < -0.4 is 15.4 Å². The minimum absolute atomic E-state index is 0.292. The molecular formula is C13H21N3O2S. The van der Waals surface area contributed by atoms with Crippen molar-refractivity contribution < 1.29 is 8.42 Å². The summed E-state index contributed by atoms with van der Waals surface area (Å²) in [5.41, 5.74) is 0.959. The summed E-state index contributed by atoms with van der Waals surface area (Å²) >= 11 is 0. The van der Waals surface area contributed by atoms with Crippen LogP contribution in [0.3, 0.4) is 0 Å². The Balaban J connectivity index is 1.91. The van der Waals surface area contributed by atoms with Crippen LogP contribution >= 0.6 is 0 Å². The van der Waals surface area contributed by atoms with E-state index in [0.717, 1.165) is 25.3 Å². The molecule has 5 nitrogen and oxygen atoms in total. The van der Waals surface area contributed by atoms with Gasteiger partial charge in [0.25, 0.3) is 0 Å². The maximum atomic E-state index is 11.6. The molecule has 1 aromatic rings. The highest BCUT2D eigenvalue weighted by Crippen LogP contribution is 2.15. The van der Waals surface area contributed by atoms with E-state index in [2.05, 4.69) is 15.4 Å². The second kappa shape index (κ2) is 6.36. The second-order valence-electron chi connectivity index (χ2n) is 4.83. The van der Waals surface area contributed by atoms with Gasteiger partial charge in [-0.2, -0.15) is 0 Å². The summed E-state index contributed by atoms with van der Waals surface area (Å²) < 4.78 is 25.5. The van der Waals surface area contributed by atoms with E-state index in [0.29, 0.717) is 10.8 Å². The molecule has 0 aliphatic carbocycles. The lowest BCUT2D eigenvalue weighted by Crippen LogP contribution is -2.33. The summed E-state index contributed by atoms with van der Waals surface area (Å²) in [5.74, 6) is 0.648. The number of sulfonamides is 1. The summed E-state index contributed by atoms with van der Waals surface area (Å²) in [6.45, 7) is 3.09. The molecule has 1 heterocycles. The molecule has 19 heavy (non-hydrogen) atoms. The van der Waals surface area contributed by atoms with Gasteiger partial charge in [0, 0.05) is 12.2 Å². The number of rotatable bonds is 5. The molecule has 0 bridgehead atoms. The van der Waals surface area contributed by atoms with Crippen LogP contribution in [0.2, 0.25) is 0 Å². The number of anilines is 1. The van der Waals surface area contributed by atoms with Gasteiger partial charge >= 0.3 is 0 Å². The van der Waals surface area contributed by atoms with Gasteiger partial charge in [-0.1, -0.05) is 0 Å². The Labute approximate surface area is 114 Å². The maximum absolute atomic E-state index is 11.6.